The molecular formula is C22H22N4O5S. The van der Waals surface area contributed by atoms with E-state index in [0.29, 0.717) is 29.4 Å². The van der Waals surface area contributed by atoms with Crippen LogP contribution in [0.2, 0.25) is 0 Å². The van der Waals surface area contributed by atoms with Gasteiger partial charge in [0, 0.05) is 31.6 Å². The van der Waals surface area contributed by atoms with E-state index in [-0.39, 0.29) is 18.0 Å². The number of pyridine rings is 1. The third kappa shape index (κ3) is 4.71. The highest BCUT2D eigenvalue weighted by atomic mass is 32.2. The topological polar surface area (TPSA) is 108 Å². The van der Waals surface area contributed by atoms with Gasteiger partial charge in [0.25, 0.3) is 5.89 Å². The molecule has 0 N–H and O–H groups in total. The summed E-state index contributed by atoms with van der Waals surface area (Å²) in [6, 6.07) is 15.8. The number of nitrogens with zero attached hydrogens (tertiary/aromatic N) is 4. The standard InChI is InChI=1S/C22H22N4O5S/c1-26(32(27,28)19-7-3-5-16-6-4-13-23-22(16)19)14-12-20-24-21(31-25-20)15-30-18-10-8-17(29-2)9-11-18/h3-11,13H,12,14-15H2,1-2H3. The molecule has 0 unspecified atom stereocenters. The Bertz CT molecular complexity index is 1300. The van der Waals surface area contributed by atoms with E-state index in [4.69, 9.17) is 14.0 Å². The summed E-state index contributed by atoms with van der Waals surface area (Å²) in [5.74, 6) is 2.08. The van der Waals surface area contributed by atoms with Gasteiger partial charge in [0.1, 0.15) is 16.4 Å². The first-order valence-electron chi connectivity index (χ1n) is 9.86. The van der Waals surface area contributed by atoms with Crippen LogP contribution in [0.1, 0.15) is 11.7 Å². The molecule has 4 rings (SSSR count). The second-order valence-electron chi connectivity index (χ2n) is 6.98. The normalized spacial score (nSPS) is 11.7. The summed E-state index contributed by atoms with van der Waals surface area (Å²) >= 11 is 0. The maximum absolute atomic E-state index is 13.1. The lowest BCUT2D eigenvalue weighted by molar-refractivity contribution is 0.242. The van der Waals surface area contributed by atoms with Crippen molar-refractivity contribution in [3.63, 3.8) is 0 Å². The molecule has 0 aliphatic rings. The van der Waals surface area contributed by atoms with Crippen molar-refractivity contribution in [2.24, 2.45) is 0 Å². The van der Waals surface area contributed by atoms with Gasteiger partial charge in [-0.25, -0.2) is 12.7 Å². The molecule has 4 aromatic rings. The van der Waals surface area contributed by atoms with Crippen LogP contribution in [-0.4, -0.2) is 48.5 Å². The molecule has 0 fully saturated rings. The molecule has 0 aliphatic heterocycles. The third-order valence-electron chi connectivity index (χ3n) is 4.87. The van der Waals surface area contributed by atoms with Crippen molar-refractivity contribution in [3.05, 3.63) is 72.5 Å². The summed E-state index contributed by atoms with van der Waals surface area (Å²) in [6.45, 7) is 0.291. The number of para-hydroxylation sites is 1. The average Bonchev–Trinajstić information content (AvgIpc) is 3.29. The van der Waals surface area contributed by atoms with E-state index >= 15 is 0 Å². The molecule has 0 aliphatic carbocycles. The Morgan fingerprint density at radius 1 is 1.03 bits per heavy atom. The van der Waals surface area contributed by atoms with E-state index in [2.05, 4.69) is 15.1 Å². The highest BCUT2D eigenvalue weighted by Gasteiger charge is 2.24. The first kappa shape index (κ1) is 21.7. The predicted molar refractivity (Wildman–Crippen MR) is 117 cm³/mol. The number of likely N-dealkylation sites (N-methyl/N-ethyl adjacent to an activating group) is 1. The molecule has 0 saturated carbocycles. The van der Waals surface area contributed by atoms with E-state index in [1.807, 2.05) is 12.1 Å². The van der Waals surface area contributed by atoms with Gasteiger partial charge in [-0.3, -0.25) is 4.98 Å². The fourth-order valence-electron chi connectivity index (χ4n) is 3.10. The predicted octanol–water partition coefficient (Wildman–Crippen LogP) is 3.07. The van der Waals surface area contributed by atoms with Crippen LogP contribution in [0.15, 0.2) is 70.2 Å². The smallest absolute Gasteiger partial charge is 0.264 e. The molecule has 0 bridgehead atoms. The van der Waals surface area contributed by atoms with Crippen molar-refractivity contribution in [1.82, 2.24) is 19.4 Å². The Morgan fingerprint density at radius 2 is 1.78 bits per heavy atom. The van der Waals surface area contributed by atoms with Gasteiger partial charge < -0.3 is 14.0 Å². The van der Waals surface area contributed by atoms with Crippen LogP contribution in [0.4, 0.5) is 0 Å². The van der Waals surface area contributed by atoms with Gasteiger partial charge in [0.2, 0.25) is 10.0 Å². The monoisotopic (exact) mass is 454 g/mol. The molecule has 32 heavy (non-hydrogen) atoms. The lowest BCUT2D eigenvalue weighted by Gasteiger charge is -2.17. The molecule has 0 saturated heterocycles. The number of hydrogen-bond donors (Lipinski definition) is 0. The Kier molecular flexibility index (Phi) is 6.33. The van der Waals surface area contributed by atoms with Gasteiger partial charge in [-0.05, 0) is 36.4 Å². The van der Waals surface area contributed by atoms with E-state index < -0.39 is 10.0 Å². The summed E-state index contributed by atoms with van der Waals surface area (Å²) in [6.07, 6.45) is 1.87. The maximum atomic E-state index is 13.1. The first-order chi connectivity index (χ1) is 15.5. The van der Waals surface area contributed by atoms with Gasteiger partial charge in [-0.15, -0.1) is 0 Å². The van der Waals surface area contributed by atoms with Crippen LogP contribution in [0.3, 0.4) is 0 Å². The number of ether oxygens (including phenoxy) is 2. The highest BCUT2D eigenvalue weighted by molar-refractivity contribution is 7.89. The van der Waals surface area contributed by atoms with Crippen LogP contribution < -0.4 is 9.47 Å². The van der Waals surface area contributed by atoms with Crippen LogP contribution in [0, 0.1) is 0 Å². The van der Waals surface area contributed by atoms with E-state index in [1.54, 1.807) is 55.8 Å². The number of rotatable bonds is 9. The van der Waals surface area contributed by atoms with Crippen LogP contribution in [0.5, 0.6) is 11.5 Å². The second kappa shape index (κ2) is 9.33. The number of hydrogen-bond acceptors (Lipinski definition) is 8. The summed E-state index contributed by atoms with van der Waals surface area (Å²) in [5.41, 5.74) is 0.444. The summed E-state index contributed by atoms with van der Waals surface area (Å²) < 4.78 is 43.3. The lowest BCUT2D eigenvalue weighted by Crippen LogP contribution is -2.29. The molecule has 0 spiro atoms. The van der Waals surface area contributed by atoms with Crippen molar-refractivity contribution < 1.29 is 22.4 Å². The lowest BCUT2D eigenvalue weighted by atomic mass is 10.2. The van der Waals surface area contributed by atoms with Gasteiger partial charge in [-0.2, -0.15) is 4.98 Å². The molecule has 0 amide bonds. The minimum atomic E-state index is -3.73. The summed E-state index contributed by atoms with van der Waals surface area (Å²) in [4.78, 5) is 8.68. The van der Waals surface area contributed by atoms with Gasteiger partial charge in [-0.1, -0.05) is 23.4 Å². The van der Waals surface area contributed by atoms with Crippen LogP contribution >= 0.6 is 0 Å². The number of methoxy groups -OCH3 is 1. The SMILES string of the molecule is COc1ccc(OCc2nc(CCN(C)S(=O)(=O)c3cccc4cccnc34)no2)cc1. The molecule has 166 valence electrons. The molecule has 0 atom stereocenters. The summed E-state index contributed by atoms with van der Waals surface area (Å²) in [7, 11) is -0.618. The van der Waals surface area contributed by atoms with Crippen molar-refractivity contribution in [2.75, 3.05) is 20.7 Å². The Balaban J connectivity index is 1.37. The fourth-order valence-corrected chi connectivity index (χ4v) is 4.43. The number of aromatic nitrogens is 3. The van der Waals surface area contributed by atoms with Crippen LogP contribution in [-0.2, 0) is 23.1 Å². The van der Waals surface area contributed by atoms with Crippen molar-refractivity contribution in [2.45, 2.75) is 17.9 Å². The summed E-state index contributed by atoms with van der Waals surface area (Å²) in [5, 5.41) is 4.68. The van der Waals surface area contributed by atoms with Crippen molar-refractivity contribution >= 4 is 20.9 Å². The zero-order valence-electron chi connectivity index (χ0n) is 17.6. The maximum Gasteiger partial charge on any atom is 0.264 e. The van der Waals surface area contributed by atoms with Crippen LogP contribution in [0.25, 0.3) is 10.9 Å². The number of fused-ring (bicyclic) bond motifs is 1. The Hall–Kier alpha value is -3.50. The average molecular weight is 455 g/mol. The quantitative estimate of drug-likeness (QED) is 0.380. The van der Waals surface area contributed by atoms with Gasteiger partial charge in [0.15, 0.2) is 12.4 Å². The van der Waals surface area contributed by atoms with E-state index in [1.165, 1.54) is 11.4 Å². The zero-order valence-corrected chi connectivity index (χ0v) is 18.4. The molecule has 0 radical (unpaired) electrons. The number of benzene rings is 2. The second-order valence-corrected chi connectivity index (χ2v) is 8.99. The van der Waals surface area contributed by atoms with E-state index in [0.717, 1.165) is 11.1 Å². The van der Waals surface area contributed by atoms with Gasteiger partial charge >= 0.3 is 0 Å². The fraction of sp³-hybridized carbons (Fsp3) is 0.227. The minimum absolute atomic E-state index is 0.106. The van der Waals surface area contributed by atoms with Crippen molar-refractivity contribution in [3.8, 4) is 11.5 Å². The first-order valence-corrected chi connectivity index (χ1v) is 11.3. The largest absolute Gasteiger partial charge is 0.497 e. The third-order valence-corrected chi connectivity index (χ3v) is 6.75. The van der Waals surface area contributed by atoms with E-state index in [9.17, 15) is 8.42 Å². The van der Waals surface area contributed by atoms with Crippen molar-refractivity contribution in [1.29, 1.82) is 0 Å². The molecule has 9 nitrogen and oxygen atoms in total. The molecule has 2 heterocycles. The molecule has 2 aromatic heterocycles. The molecule has 2 aromatic carbocycles. The Labute approximate surface area is 185 Å². The molecule has 10 heteroatoms. The Morgan fingerprint density at radius 3 is 2.56 bits per heavy atom. The molecular weight excluding hydrogens is 432 g/mol. The minimum Gasteiger partial charge on any atom is -0.497 e. The zero-order chi connectivity index (χ0) is 22.6. The number of sulfonamides is 1. The van der Waals surface area contributed by atoms with Gasteiger partial charge in [0.05, 0.1) is 12.6 Å². The highest BCUT2D eigenvalue weighted by Crippen LogP contribution is 2.23.